The van der Waals surface area contributed by atoms with E-state index in [4.69, 9.17) is 9.72 Å². The Kier molecular flexibility index (Phi) is 7.76. The van der Waals surface area contributed by atoms with Crippen molar-refractivity contribution >= 4 is 34.1 Å². The van der Waals surface area contributed by atoms with Crippen LogP contribution in [0.5, 0.6) is 5.75 Å². The Balaban J connectivity index is 1.49. The lowest BCUT2D eigenvalue weighted by Crippen LogP contribution is -2.32. The molecule has 7 nitrogen and oxygen atoms in total. The molecule has 1 amide bonds. The van der Waals surface area contributed by atoms with Crippen molar-refractivity contribution in [3.05, 3.63) is 72.6 Å². The van der Waals surface area contributed by atoms with Crippen LogP contribution in [0.4, 0.5) is 5.13 Å². The number of ether oxygens (including phenoxy) is 1. The van der Waals surface area contributed by atoms with Crippen LogP contribution in [0, 0.1) is 0 Å². The molecular formula is C25H25N5O2S2. The van der Waals surface area contributed by atoms with Crippen molar-refractivity contribution in [2.45, 2.75) is 18.6 Å². The first-order valence-electron chi connectivity index (χ1n) is 10.8. The molecule has 0 unspecified atom stereocenters. The predicted molar refractivity (Wildman–Crippen MR) is 139 cm³/mol. The van der Waals surface area contributed by atoms with Crippen molar-refractivity contribution in [3.8, 4) is 28.4 Å². The van der Waals surface area contributed by atoms with E-state index in [0.29, 0.717) is 23.4 Å². The van der Waals surface area contributed by atoms with Gasteiger partial charge in [-0.3, -0.25) is 9.69 Å². The van der Waals surface area contributed by atoms with E-state index >= 15 is 0 Å². The van der Waals surface area contributed by atoms with E-state index in [-0.39, 0.29) is 11.7 Å². The van der Waals surface area contributed by atoms with Gasteiger partial charge in [-0.2, -0.15) is 0 Å². The molecule has 9 heteroatoms. The summed E-state index contributed by atoms with van der Waals surface area (Å²) in [7, 11) is 1.64. The molecule has 0 aliphatic carbocycles. The van der Waals surface area contributed by atoms with Gasteiger partial charge in [-0.25, -0.2) is 4.98 Å². The van der Waals surface area contributed by atoms with Crippen LogP contribution in [-0.2, 0) is 11.3 Å². The molecule has 0 N–H and O–H groups in total. The first kappa shape index (κ1) is 23.7. The third-order valence-corrected chi connectivity index (χ3v) is 6.93. The number of carbonyl (C=O) groups excluding carboxylic acids is 1. The van der Waals surface area contributed by atoms with E-state index in [0.717, 1.165) is 28.4 Å². The summed E-state index contributed by atoms with van der Waals surface area (Å²) in [5.74, 6) is 1.70. The summed E-state index contributed by atoms with van der Waals surface area (Å²) in [6.45, 7) is 6.92. The van der Waals surface area contributed by atoms with Gasteiger partial charge in [0.2, 0.25) is 5.91 Å². The highest BCUT2D eigenvalue weighted by Gasteiger charge is 2.21. The van der Waals surface area contributed by atoms with E-state index in [1.807, 2.05) is 71.5 Å². The fourth-order valence-corrected chi connectivity index (χ4v) is 5.12. The fourth-order valence-electron chi connectivity index (χ4n) is 3.38. The van der Waals surface area contributed by atoms with Crippen molar-refractivity contribution in [2.75, 3.05) is 24.3 Å². The molecule has 0 atom stereocenters. The van der Waals surface area contributed by atoms with Gasteiger partial charge in [-0.1, -0.05) is 48.2 Å². The topological polar surface area (TPSA) is 73.1 Å². The number of rotatable bonds is 10. The molecule has 4 rings (SSSR count). The largest absolute Gasteiger partial charge is 0.497 e. The van der Waals surface area contributed by atoms with E-state index in [9.17, 15) is 4.79 Å². The van der Waals surface area contributed by atoms with Crippen LogP contribution in [0.3, 0.4) is 0 Å². The zero-order valence-electron chi connectivity index (χ0n) is 19.0. The summed E-state index contributed by atoms with van der Waals surface area (Å²) in [5.41, 5.74) is 2.82. The zero-order valence-corrected chi connectivity index (χ0v) is 20.7. The Bertz CT molecular complexity index is 1250. The smallest absolute Gasteiger partial charge is 0.239 e. The second kappa shape index (κ2) is 11.1. The number of anilines is 1. The highest BCUT2D eigenvalue weighted by molar-refractivity contribution is 7.99. The number of benzene rings is 2. The van der Waals surface area contributed by atoms with Crippen LogP contribution >= 0.6 is 23.1 Å². The average Bonchev–Trinajstić information content (AvgIpc) is 3.53. The van der Waals surface area contributed by atoms with Gasteiger partial charge < -0.3 is 9.30 Å². The molecule has 2 aromatic heterocycles. The van der Waals surface area contributed by atoms with Gasteiger partial charge in [0.1, 0.15) is 5.75 Å². The number of hydrogen-bond acceptors (Lipinski definition) is 7. The van der Waals surface area contributed by atoms with Gasteiger partial charge in [0, 0.05) is 29.6 Å². The Morgan fingerprint density at radius 1 is 1.15 bits per heavy atom. The van der Waals surface area contributed by atoms with E-state index in [1.165, 1.54) is 23.1 Å². The molecule has 0 aliphatic heterocycles. The maximum absolute atomic E-state index is 13.2. The fraction of sp³-hybridized carbons (Fsp3) is 0.200. The summed E-state index contributed by atoms with van der Waals surface area (Å²) in [6.07, 6.45) is 1.71. The number of amides is 1. The van der Waals surface area contributed by atoms with Crippen molar-refractivity contribution < 1.29 is 9.53 Å². The van der Waals surface area contributed by atoms with Crippen molar-refractivity contribution in [3.63, 3.8) is 0 Å². The molecule has 0 saturated carbocycles. The SMILES string of the molecule is C=CCN(C(=O)CSc1nnc(-c2ccc(OC)cc2)n1CC)c1nc(-c2ccccc2)cs1. The maximum Gasteiger partial charge on any atom is 0.239 e. The third-order valence-electron chi connectivity index (χ3n) is 5.11. The number of nitrogens with zero attached hydrogens (tertiary/aromatic N) is 5. The lowest BCUT2D eigenvalue weighted by Gasteiger charge is -2.17. The summed E-state index contributed by atoms with van der Waals surface area (Å²) < 4.78 is 7.25. The van der Waals surface area contributed by atoms with Crippen LogP contribution in [0.25, 0.3) is 22.6 Å². The van der Waals surface area contributed by atoms with Crippen LogP contribution in [0.15, 0.2) is 77.8 Å². The number of hydrogen-bond donors (Lipinski definition) is 0. The highest BCUT2D eigenvalue weighted by atomic mass is 32.2. The number of aromatic nitrogens is 4. The summed E-state index contributed by atoms with van der Waals surface area (Å²) >= 11 is 2.82. The van der Waals surface area contributed by atoms with E-state index in [2.05, 4.69) is 16.8 Å². The number of methoxy groups -OCH3 is 1. The number of thioether (sulfide) groups is 1. The Morgan fingerprint density at radius 3 is 2.59 bits per heavy atom. The molecule has 0 spiro atoms. The van der Waals surface area contributed by atoms with Crippen molar-refractivity contribution in [1.29, 1.82) is 0 Å². The quantitative estimate of drug-likeness (QED) is 0.218. The van der Waals surface area contributed by atoms with Gasteiger partial charge >= 0.3 is 0 Å². The summed E-state index contributed by atoms with van der Waals surface area (Å²) in [4.78, 5) is 19.5. The minimum atomic E-state index is -0.0597. The second-order valence-electron chi connectivity index (χ2n) is 7.24. The standard InChI is InChI=1S/C25H25N5O2S2/c1-4-15-30(24-26-21(16-33-24)18-9-7-6-8-10-18)22(31)17-34-25-28-27-23(29(25)5-2)19-11-13-20(32-3)14-12-19/h4,6-14,16H,1,5,15,17H2,2-3H3. The molecule has 34 heavy (non-hydrogen) atoms. The highest BCUT2D eigenvalue weighted by Crippen LogP contribution is 2.29. The molecule has 2 aromatic carbocycles. The predicted octanol–water partition coefficient (Wildman–Crippen LogP) is 5.41. The van der Waals surface area contributed by atoms with Gasteiger partial charge in [0.15, 0.2) is 16.1 Å². The first-order valence-corrected chi connectivity index (χ1v) is 12.6. The molecule has 0 aliphatic rings. The second-order valence-corrected chi connectivity index (χ2v) is 9.02. The number of thiazole rings is 1. The lowest BCUT2D eigenvalue weighted by molar-refractivity contribution is -0.116. The molecule has 4 aromatic rings. The van der Waals surface area contributed by atoms with Crippen LogP contribution < -0.4 is 9.64 Å². The molecule has 0 fully saturated rings. The van der Waals surface area contributed by atoms with E-state index < -0.39 is 0 Å². The lowest BCUT2D eigenvalue weighted by atomic mass is 10.2. The molecule has 2 heterocycles. The van der Waals surface area contributed by atoms with E-state index in [1.54, 1.807) is 18.1 Å². The summed E-state index contributed by atoms with van der Waals surface area (Å²) in [6, 6.07) is 17.6. The Labute approximate surface area is 207 Å². The maximum atomic E-state index is 13.2. The minimum absolute atomic E-state index is 0.0597. The molecule has 0 radical (unpaired) electrons. The van der Waals surface area contributed by atoms with Crippen molar-refractivity contribution in [2.24, 2.45) is 0 Å². The van der Waals surface area contributed by atoms with Gasteiger partial charge in [0.05, 0.1) is 18.6 Å². The van der Waals surface area contributed by atoms with Gasteiger partial charge in [0.25, 0.3) is 0 Å². The average molecular weight is 492 g/mol. The third kappa shape index (κ3) is 5.21. The van der Waals surface area contributed by atoms with Gasteiger partial charge in [-0.15, -0.1) is 28.1 Å². The monoisotopic (exact) mass is 491 g/mol. The van der Waals surface area contributed by atoms with Crippen LogP contribution in [0.1, 0.15) is 6.92 Å². The van der Waals surface area contributed by atoms with Crippen LogP contribution in [-0.4, -0.2) is 45.1 Å². The minimum Gasteiger partial charge on any atom is -0.497 e. The van der Waals surface area contributed by atoms with Crippen molar-refractivity contribution in [1.82, 2.24) is 19.7 Å². The molecule has 174 valence electrons. The Morgan fingerprint density at radius 2 is 1.91 bits per heavy atom. The normalized spacial score (nSPS) is 10.8. The zero-order chi connectivity index (χ0) is 23.9. The molecule has 0 saturated heterocycles. The molecule has 0 bridgehead atoms. The first-order chi connectivity index (χ1) is 16.6. The molecular weight excluding hydrogens is 466 g/mol. The Hall–Kier alpha value is -3.43. The number of carbonyl (C=O) groups is 1. The summed E-state index contributed by atoms with van der Waals surface area (Å²) in [5, 5.41) is 12.0. The van der Waals surface area contributed by atoms with Crippen LogP contribution in [0.2, 0.25) is 0 Å². The van der Waals surface area contributed by atoms with Gasteiger partial charge in [-0.05, 0) is 31.2 Å².